The third-order valence-electron chi connectivity index (χ3n) is 3.96. The molecule has 1 amide bonds. The summed E-state index contributed by atoms with van der Waals surface area (Å²) in [7, 11) is 1.52. The molecule has 0 atom stereocenters. The van der Waals surface area contributed by atoms with E-state index in [2.05, 4.69) is 20.6 Å². The van der Waals surface area contributed by atoms with Gasteiger partial charge in [-0.3, -0.25) is 4.79 Å². The van der Waals surface area contributed by atoms with Crippen LogP contribution in [0.3, 0.4) is 0 Å². The lowest BCUT2D eigenvalue weighted by Gasteiger charge is -2.07. The van der Waals surface area contributed by atoms with E-state index < -0.39 is 0 Å². The molecule has 8 heteroatoms. The molecule has 2 heterocycles. The predicted molar refractivity (Wildman–Crippen MR) is 85.9 cm³/mol. The van der Waals surface area contributed by atoms with Crippen LogP contribution in [0.1, 0.15) is 40.8 Å². The van der Waals surface area contributed by atoms with Crippen molar-refractivity contribution in [1.82, 2.24) is 20.6 Å². The number of hydrogen-bond donors (Lipinski definition) is 1. The molecule has 0 unspecified atom stereocenters. The van der Waals surface area contributed by atoms with E-state index in [1.165, 1.54) is 7.11 Å². The van der Waals surface area contributed by atoms with Crippen LogP contribution in [0, 0.1) is 0 Å². The molecule has 0 radical (unpaired) electrons. The second-order valence-corrected chi connectivity index (χ2v) is 5.78. The van der Waals surface area contributed by atoms with Crippen LogP contribution in [0.15, 0.2) is 39.4 Å². The van der Waals surface area contributed by atoms with Crippen molar-refractivity contribution in [3.63, 3.8) is 0 Å². The summed E-state index contributed by atoms with van der Waals surface area (Å²) in [4.78, 5) is 16.5. The van der Waals surface area contributed by atoms with Crippen molar-refractivity contribution in [2.45, 2.75) is 25.3 Å². The first-order valence-corrected chi connectivity index (χ1v) is 7.95. The van der Waals surface area contributed by atoms with Gasteiger partial charge < -0.3 is 19.1 Å². The average Bonchev–Trinajstić information content (AvgIpc) is 3.19. The van der Waals surface area contributed by atoms with Crippen LogP contribution in [0.5, 0.6) is 5.75 Å². The summed E-state index contributed by atoms with van der Waals surface area (Å²) in [5.41, 5.74) is 0.975. The maximum Gasteiger partial charge on any atom is 0.255 e. The lowest BCUT2D eigenvalue weighted by atomic mass is 10.2. The monoisotopic (exact) mass is 340 g/mol. The minimum atomic E-state index is -0.283. The number of nitrogens with one attached hydrogen (secondary N) is 1. The fourth-order valence-corrected chi connectivity index (χ4v) is 2.47. The van der Waals surface area contributed by atoms with Crippen molar-refractivity contribution >= 4 is 5.91 Å². The highest BCUT2D eigenvalue weighted by molar-refractivity contribution is 5.96. The molecule has 1 aromatic carbocycles. The Bertz CT molecular complexity index is 897. The van der Waals surface area contributed by atoms with Gasteiger partial charge in [0.25, 0.3) is 5.91 Å². The first-order chi connectivity index (χ1) is 12.2. The maximum absolute atomic E-state index is 12.3. The highest BCUT2D eigenvalue weighted by atomic mass is 16.5. The Balaban J connectivity index is 1.41. The molecular formula is C17H16N4O4. The molecule has 1 aliphatic carbocycles. The van der Waals surface area contributed by atoms with Crippen LogP contribution in [0.2, 0.25) is 0 Å². The molecule has 2 aromatic heterocycles. The van der Waals surface area contributed by atoms with Crippen LogP contribution >= 0.6 is 0 Å². The molecule has 128 valence electrons. The number of nitrogens with zero attached hydrogens (tertiary/aromatic N) is 3. The molecule has 1 fully saturated rings. The first-order valence-electron chi connectivity index (χ1n) is 7.95. The van der Waals surface area contributed by atoms with Crippen molar-refractivity contribution in [1.29, 1.82) is 0 Å². The number of amides is 1. The van der Waals surface area contributed by atoms with Crippen molar-refractivity contribution in [3.05, 3.63) is 47.5 Å². The van der Waals surface area contributed by atoms with Crippen molar-refractivity contribution in [2.24, 2.45) is 0 Å². The zero-order valence-corrected chi connectivity index (χ0v) is 13.6. The van der Waals surface area contributed by atoms with Crippen LogP contribution in [-0.4, -0.2) is 28.3 Å². The standard InChI is InChI=1S/C17H16N4O4/c1-23-13-5-3-2-4-11(13)17(22)18-9-15-19-16(21-25-15)12-8-14(24-20-12)10-6-7-10/h2-5,8,10H,6-7,9H2,1H3,(H,18,22). The summed E-state index contributed by atoms with van der Waals surface area (Å²) < 4.78 is 15.6. The molecule has 1 N–H and O–H groups in total. The molecule has 25 heavy (non-hydrogen) atoms. The molecular weight excluding hydrogens is 324 g/mol. The summed E-state index contributed by atoms with van der Waals surface area (Å²) in [6.45, 7) is 0.108. The molecule has 8 nitrogen and oxygen atoms in total. The van der Waals surface area contributed by atoms with Gasteiger partial charge in [-0.05, 0) is 25.0 Å². The number of rotatable bonds is 6. The van der Waals surface area contributed by atoms with Crippen LogP contribution in [0.4, 0.5) is 0 Å². The quantitative estimate of drug-likeness (QED) is 0.735. The van der Waals surface area contributed by atoms with Gasteiger partial charge in [-0.1, -0.05) is 22.4 Å². The third kappa shape index (κ3) is 3.23. The Kier molecular flexibility index (Phi) is 3.93. The Labute approximate surface area is 143 Å². The Morgan fingerprint density at radius 2 is 2.12 bits per heavy atom. The van der Waals surface area contributed by atoms with E-state index in [9.17, 15) is 4.79 Å². The molecule has 4 rings (SSSR count). The van der Waals surface area contributed by atoms with Gasteiger partial charge in [0.05, 0.1) is 19.2 Å². The SMILES string of the molecule is COc1ccccc1C(=O)NCc1nc(-c2cc(C3CC3)on2)no1. The second kappa shape index (κ2) is 6.39. The largest absolute Gasteiger partial charge is 0.496 e. The van der Waals surface area contributed by atoms with Crippen LogP contribution in [-0.2, 0) is 6.54 Å². The number of ether oxygens (including phenoxy) is 1. The highest BCUT2D eigenvalue weighted by Crippen LogP contribution is 2.40. The minimum absolute atomic E-state index is 0.108. The Morgan fingerprint density at radius 1 is 1.28 bits per heavy atom. The zero-order valence-electron chi connectivity index (χ0n) is 13.6. The summed E-state index contributed by atoms with van der Waals surface area (Å²) >= 11 is 0. The van der Waals surface area contributed by atoms with Crippen LogP contribution < -0.4 is 10.1 Å². The topological polar surface area (TPSA) is 103 Å². The van der Waals surface area contributed by atoms with E-state index in [-0.39, 0.29) is 18.3 Å². The lowest BCUT2D eigenvalue weighted by Crippen LogP contribution is -2.23. The summed E-state index contributed by atoms with van der Waals surface area (Å²) in [5.74, 6) is 2.17. The van der Waals surface area contributed by atoms with E-state index in [1.807, 2.05) is 6.07 Å². The summed E-state index contributed by atoms with van der Waals surface area (Å²) in [6, 6.07) is 8.81. The van der Waals surface area contributed by atoms with E-state index in [4.69, 9.17) is 13.8 Å². The second-order valence-electron chi connectivity index (χ2n) is 5.78. The number of aromatic nitrogens is 3. The van der Waals surface area contributed by atoms with Gasteiger partial charge in [0, 0.05) is 12.0 Å². The van der Waals surface area contributed by atoms with E-state index in [0.29, 0.717) is 28.7 Å². The van der Waals surface area contributed by atoms with Crippen molar-refractivity contribution in [2.75, 3.05) is 7.11 Å². The molecule has 1 aliphatic rings. The van der Waals surface area contributed by atoms with Gasteiger partial charge in [-0.25, -0.2) is 0 Å². The van der Waals surface area contributed by atoms with Gasteiger partial charge in [0.1, 0.15) is 11.5 Å². The number of benzene rings is 1. The smallest absolute Gasteiger partial charge is 0.255 e. The fraction of sp³-hybridized carbons (Fsp3) is 0.294. The van der Waals surface area contributed by atoms with E-state index >= 15 is 0 Å². The first kappa shape index (κ1) is 15.4. The number of carbonyl (C=O) groups is 1. The number of methoxy groups -OCH3 is 1. The Hall–Kier alpha value is -3.16. The molecule has 0 saturated heterocycles. The molecule has 0 aliphatic heterocycles. The predicted octanol–water partition coefficient (Wildman–Crippen LogP) is 2.54. The van der Waals surface area contributed by atoms with Gasteiger partial charge >= 0.3 is 0 Å². The molecule has 3 aromatic rings. The molecule has 1 saturated carbocycles. The normalized spacial score (nSPS) is 13.6. The van der Waals surface area contributed by atoms with Gasteiger partial charge in [-0.15, -0.1) is 0 Å². The zero-order chi connectivity index (χ0) is 17.2. The third-order valence-corrected chi connectivity index (χ3v) is 3.96. The number of para-hydroxylation sites is 1. The highest BCUT2D eigenvalue weighted by Gasteiger charge is 2.28. The van der Waals surface area contributed by atoms with Crippen molar-refractivity contribution < 1.29 is 18.6 Å². The van der Waals surface area contributed by atoms with Gasteiger partial charge in [-0.2, -0.15) is 4.98 Å². The lowest BCUT2D eigenvalue weighted by molar-refractivity contribution is 0.0943. The number of hydrogen-bond acceptors (Lipinski definition) is 7. The molecule has 0 spiro atoms. The van der Waals surface area contributed by atoms with E-state index in [1.54, 1.807) is 24.3 Å². The van der Waals surface area contributed by atoms with Gasteiger partial charge in [0.2, 0.25) is 11.7 Å². The average molecular weight is 340 g/mol. The van der Waals surface area contributed by atoms with Crippen LogP contribution in [0.25, 0.3) is 11.5 Å². The van der Waals surface area contributed by atoms with E-state index in [0.717, 1.165) is 18.6 Å². The van der Waals surface area contributed by atoms with Gasteiger partial charge in [0.15, 0.2) is 5.69 Å². The molecule has 0 bridgehead atoms. The van der Waals surface area contributed by atoms with Crippen molar-refractivity contribution in [3.8, 4) is 17.3 Å². The summed E-state index contributed by atoms with van der Waals surface area (Å²) in [6.07, 6.45) is 2.25. The fourth-order valence-electron chi connectivity index (χ4n) is 2.47. The summed E-state index contributed by atoms with van der Waals surface area (Å²) in [5, 5.41) is 10.6. The number of carbonyl (C=O) groups excluding carboxylic acids is 1. The maximum atomic E-state index is 12.3. The Morgan fingerprint density at radius 3 is 2.92 bits per heavy atom. The minimum Gasteiger partial charge on any atom is -0.496 e.